The Morgan fingerprint density at radius 2 is 2.00 bits per heavy atom. The third-order valence-corrected chi connectivity index (χ3v) is 3.17. The second kappa shape index (κ2) is 5.90. The maximum absolute atomic E-state index is 9.93. The molecule has 2 nitrogen and oxygen atoms in total. The molecule has 1 rings (SSSR count). The van der Waals surface area contributed by atoms with Gasteiger partial charge in [0.05, 0.1) is 0 Å². The van der Waals surface area contributed by atoms with Gasteiger partial charge in [-0.25, -0.2) is 0 Å². The van der Waals surface area contributed by atoms with Crippen molar-refractivity contribution in [2.45, 2.75) is 52.0 Å². The molecule has 0 fully saturated rings. The molecule has 0 spiro atoms. The van der Waals surface area contributed by atoms with Crippen molar-refractivity contribution in [1.82, 2.24) is 0 Å². The van der Waals surface area contributed by atoms with Crippen LogP contribution in [0.15, 0.2) is 18.2 Å². The van der Waals surface area contributed by atoms with Gasteiger partial charge in [0.15, 0.2) is 0 Å². The van der Waals surface area contributed by atoms with Crippen molar-refractivity contribution in [3.05, 3.63) is 29.3 Å². The quantitative estimate of drug-likeness (QED) is 0.801. The Hall–Kier alpha value is -1.02. The predicted octanol–water partition coefficient (Wildman–Crippen LogP) is 3.32. The Labute approximate surface area is 98.5 Å². The molecule has 0 saturated heterocycles. The fraction of sp³-hybridized carbons (Fsp3) is 0.571. The average Bonchev–Trinajstić information content (AvgIpc) is 2.22. The lowest BCUT2D eigenvalue weighted by Crippen LogP contribution is -2.16. The zero-order valence-electron chi connectivity index (χ0n) is 10.5. The van der Waals surface area contributed by atoms with Gasteiger partial charge in [-0.3, -0.25) is 0 Å². The minimum atomic E-state index is 0.236. The van der Waals surface area contributed by atoms with E-state index in [-0.39, 0.29) is 6.04 Å². The number of hydrogen-bond acceptors (Lipinski definition) is 2. The molecule has 90 valence electrons. The van der Waals surface area contributed by atoms with E-state index in [0.29, 0.717) is 11.7 Å². The van der Waals surface area contributed by atoms with Crippen LogP contribution in [0.4, 0.5) is 0 Å². The van der Waals surface area contributed by atoms with E-state index in [1.54, 1.807) is 6.07 Å². The summed E-state index contributed by atoms with van der Waals surface area (Å²) in [6.45, 7) is 6.26. The van der Waals surface area contributed by atoms with Gasteiger partial charge in [-0.2, -0.15) is 0 Å². The van der Waals surface area contributed by atoms with Crippen molar-refractivity contribution >= 4 is 0 Å². The molecule has 0 amide bonds. The highest BCUT2D eigenvalue weighted by Crippen LogP contribution is 2.34. The summed E-state index contributed by atoms with van der Waals surface area (Å²) in [4.78, 5) is 0. The largest absolute Gasteiger partial charge is 0.508 e. The van der Waals surface area contributed by atoms with Crippen LogP contribution in [0.3, 0.4) is 0 Å². The molecule has 2 heteroatoms. The van der Waals surface area contributed by atoms with Crippen LogP contribution in [0.5, 0.6) is 5.75 Å². The van der Waals surface area contributed by atoms with Crippen molar-refractivity contribution in [3.8, 4) is 5.75 Å². The van der Waals surface area contributed by atoms with Crippen molar-refractivity contribution in [3.63, 3.8) is 0 Å². The number of aryl methyl sites for hydroxylation is 1. The molecular formula is C14H23NO. The summed E-state index contributed by atoms with van der Waals surface area (Å²) in [7, 11) is 0. The second-order valence-electron chi connectivity index (χ2n) is 4.67. The number of phenolic OH excluding ortho intramolecular Hbond substituents is 1. The van der Waals surface area contributed by atoms with Crippen LogP contribution in [0, 0.1) is 6.92 Å². The number of phenols is 1. The van der Waals surface area contributed by atoms with E-state index >= 15 is 0 Å². The summed E-state index contributed by atoms with van der Waals surface area (Å²) in [5.74, 6) is 0.851. The van der Waals surface area contributed by atoms with E-state index in [0.717, 1.165) is 24.8 Å². The number of rotatable bonds is 5. The van der Waals surface area contributed by atoms with Crippen molar-refractivity contribution in [2.75, 3.05) is 0 Å². The molecule has 0 aliphatic rings. The fourth-order valence-electron chi connectivity index (χ4n) is 2.21. The number of nitrogens with two attached hydrogens (primary N) is 1. The Morgan fingerprint density at radius 3 is 2.50 bits per heavy atom. The second-order valence-corrected chi connectivity index (χ2v) is 4.67. The minimum Gasteiger partial charge on any atom is -0.508 e. The van der Waals surface area contributed by atoms with Gasteiger partial charge >= 0.3 is 0 Å². The number of benzene rings is 1. The van der Waals surface area contributed by atoms with E-state index in [2.05, 4.69) is 19.9 Å². The van der Waals surface area contributed by atoms with E-state index in [1.165, 1.54) is 5.56 Å². The summed E-state index contributed by atoms with van der Waals surface area (Å²) in [6.07, 6.45) is 3.10. The molecule has 3 N–H and O–H groups in total. The summed E-state index contributed by atoms with van der Waals surface area (Å²) in [6, 6.07) is 5.97. The molecule has 0 radical (unpaired) electrons. The lowest BCUT2D eigenvalue weighted by atomic mass is 9.87. The first-order valence-electron chi connectivity index (χ1n) is 6.10. The van der Waals surface area contributed by atoms with Crippen molar-refractivity contribution in [1.29, 1.82) is 0 Å². The lowest BCUT2D eigenvalue weighted by Gasteiger charge is -2.20. The minimum absolute atomic E-state index is 0.236. The molecule has 0 saturated carbocycles. The van der Waals surface area contributed by atoms with Gasteiger partial charge in [0.2, 0.25) is 0 Å². The monoisotopic (exact) mass is 221 g/mol. The lowest BCUT2D eigenvalue weighted by molar-refractivity contribution is 0.447. The molecule has 1 aromatic rings. The maximum atomic E-state index is 9.93. The molecular weight excluding hydrogens is 198 g/mol. The number of aromatic hydroxyl groups is 1. The zero-order chi connectivity index (χ0) is 12.1. The Bertz CT molecular complexity index is 313. The van der Waals surface area contributed by atoms with Gasteiger partial charge in [-0.1, -0.05) is 19.1 Å². The highest BCUT2D eigenvalue weighted by atomic mass is 16.3. The molecule has 1 aromatic carbocycles. The Kier molecular flexibility index (Phi) is 4.81. The van der Waals surface area contributed by atoms with Crippen molar-refractivity contribution < 1.29 is 5.11 Å². The molecule has 2 unspecified atom stereocenters. The zero-order valence-corrected chi connectivity index (χ0v) is 10.5. The molecule has 0 aliphatic heterocycles. The van der Waals surface area contributed by atoms with E-state index < -0.39 is 0 Å². The third kappa shape index (κ3) is 3.24. The average molecular weight is 221 g/mol. The normalized spacial score (nSPS) is 14.8. The standard InChI is InChI=1S/C14H23NO/c1-4-12(9-8-11(3)15)14-10(2)6-5-7-13(14)16/h5-7,11-12,16H,4,8-9,15H2,1-3H3. The molecule has 0 aliphatic carbocycles. The van der Waals surface area contributed by atoms with Gasteiger partial charge in [0.1, 0.15) is 5.75 Å². The van der Waals surface area contributed by atoms with E-state index in [4.69, 9.17) is 5.73 Å². The van der Waals surface area contributed by atoms with Crippen LogP contribution in [0.1, 0.15) is 50.2 Å². The van der Waals surface area contributed by atoms with Crippen LogP contribution >= 0.6 is 0 Å². The van der Waals surface area contributed by atoms with Gasteiger partial charge in [0, 0.05) is 6.04 Å². The maximum Gasteiger partial charge on any atom is 0.119 e. The van der Waals surface area contributed by atoms with Crippen LogP contribution in [-0.4, -0.2) is 11.1 Å². The molecule has 0 bridgehead atoms. The summed E-state index contributed by atoms with van der Waals surface area (Å²) >= 11 is 0. The molecule has 0 heterocycles. The van der Waals surface area contributed by atoms with Crippen LogP contribution in [-0.2, 0) is 0 Å². The summed E-state index contributed by atoms with van der Waals surface area (Å²) in [5, 5.41) is 9.93. The fourth-order valence-corrected chi connectivity index (χ4v) is 2.21. The highest BCUT2D eigenvalue weighted by Gasteiger charge is 2.16. The smallest absolute Gasteiger partial charge is 0.119 e. The van der Waals surface area contributed by atoms with Crippen LogP contribution < -0.4 is 5.73 Å². The molecule has 0 aromatic heterocycles. The Morgan fingerprint density at radius 1 is 1.31 bits per heavy atom. The molecule has 16 heavy (non-hydrogen) atoms. The van der Waals surface area contributed by atoms with Crippen LogP contribution in [0.2, 0.25) is 0 Å². The Balaban J connectivity index is 2.86. The van der Waals surface area contributed by atoms with E-state index in [9.17, 15) is 5.11 Å². The van der Waals surface area contributed by atoms with E-state index in [1.807, 2.05) is 13.0 Å². The SMILES string of the molecule is CCC(CCC(C)N)c1c(C)cccc1O. The van der Waals surface area contributed by atoms with Gasteiger partial charge in [-0.15, -0.1) is 0 Å². The van der Waals surface area contributed by atoms with Gasteiger partial charge in [0.25, 0.3) is 0 Å². The first-order chi connectivity index (χ1) is 7.56. The first-order valence-corrected chi connectivity index (χ1v) is 6.10. The summed E-state index contributed by atoms with van der Waals surface area (Å²) < 4.78 is 0. The van der Waals surface area contributed by atoms with Crippen molar-refractivity contribution in [2.24, 2.45) is 5.73 Å². The topological polar surface area (TPSA) is 46.2 Å². The summed E-state index contributed by atoms with van der Waals surface area (Å²) in [5.41, 5.74) is 8.07. The highest BCUT2D eigenvalue weighted by molar-refractivity contribution is 5.41. The van der Waals surface area contributed by atoms with Gasteiger partial charge in [-0.05, 0) is 56.2 Å². The predicted molar refractivity (Wildman–Crippen MR) is 68.8 cm³/mol. The number of hydrogen-bond donors (Lipinski definition) is 2. The third-order valence-electron chi connectivity index (χ3n) is 3.17. The molecule has 2 atom stereocenters. The van der Waals surface area contributed by atoms with Crippen LogP contribution in [0.25, 0.3) is 0 Å². The first kappa shape index (κ1) is 13.0. The van der Waals surface area contributed by atoms with Gasteiger partial charge < -0.3 is 10.8 Å².